The third kappa shape index (κ3) is 3.60. The van der Waals surface area contributed by atoms with Crippen LogP contribution in [0.4, 0.5) is 13.2 Å². The quantitative estimate of drug-likeness (QED) is 0.728. The lowest BCUT2D eigenvalue weighted by Gasteiger charge is -2.31. The van der Waals surface area contributed by atoms with Gasteiger partial charge in [0.25, 0.3) is 0 Å². The Hall–Kier alpha value is -2.16. The van der Waals surface area contributed by atoms with Gasteiger partial charge in [0.2, 0.25) is 0 Å². The van der Waals surface area contributed by atoms with Gasteiger partial charge in [0.1, 0.15) is 5.92 Å². The standard InChI is InChI=1S/C16H13BrF3NO4/c1-7-11(14(22)23)12(13(15(24)25)10(6-17)21-7)8-4-2-3-5-9(8)16(18,19)20/h2-5,11-12H,6H2,1H3,(H,22,23)(H,24,25). The van der Waals surface area contributed by atoms with E-state index in [0.717, 1.165) is 12.1 Å². The van der Waals surface area contributed by atoms with Crippen molar-refractivity contribution in [3.8, 4) is 0 Å². The molecule has 1 aliphatic rings. The van der Waals surface area contributed by atoms with Crippen molar-refractivity contribution >= 4 is 33.6 Å². The highest BCUT2D eigenvalue weighted by atomic mass is 79.9. The van der Waals surface area contributed by atoms with E-state index < -0.39 is 46.7 Å². The van der Waals surface area contributed by atoms with E-state index in [9.17, 15) is 33.0 Å². The zero-order valence-corrected chi connectivity index (χ0v) is 14.4. The number of aliphatic imine (C=N–C) groups is 1. The van der Waals surface area contributed by atoms with Crippen molar-refractivity contribution in [2.24, 2.45) is 10.9 Å². The number of aliphatic carboxylic acids is 2. The number of carboxylic acid groups (broad SMARTS) is 2. The van der Waals surface area contributed by atoms with E-state index >= 15 is 0 Å². The van der Waals surface area contributed by atoms with Crippen LogP contribution in [0, 0.1) is 5.92 Å². The number of rotatable bonds is 4. The lowest BCUT2D eigenvalue weighted by Crippen LogP contribution is -2.36. The summed E-state index contributed by atoms with van der Waals surface area (Å²) in [4.78, 5) is 27.4. The maximum atomic E-state index is 13.4. The van der Waals surface area contributed by atoms with Crippen molar-refractivity contribution in [2.45, 2.75) is 19.0 Å². The first-order chi connectivity index (χ1) is 11.6. The molecule has 0 aliphatic carbocycles. The van der Waals surface area contributed by atoms with Crippen molar-refractivity contribution in [1.82, 2.24) is 0 Å². The lowest BCUT2D eigenvalue weighted by atomic mass is 9.74. The van der Waals surface area contributed by atoms with Gasteiger partial charge in [-0.25, -0.2) is 4.79 Å². The summed E-state index contributed by atoms with van der Waals surface area (Å²) in [6, 6.07) is 4.40. The molecule has 1 heterocycles. The highest BCUT2D eigenvalue weighted by Crippen LogP contribution is 2.44. The van der Waals surface area contributed by atoms with Crippen molar-refractivity contribution in [3.63, 3.8) is 0 Å². The van der Waals surface area contributed by atoms with Gasteiger partial charge in [0, 0.05) is 17.0 Å². The molecule has 0 saturated heterocycles. The second-order valence-corrected chi connectivity index (χ2v) is 5.99. The molecule has 0 fully saturated rings. The monoisotopic (exact) mass is 419 g/mol. The summed E-state index contributed by atoms with van der Waals surface area (Å²) in [5.74, 6) is -5.94. The summed E-state index contributed by atoms with van der Waals surface area (Å²) in [6.07, 6.45) is -4.75. The predicted octanol–water partition coefficient (Wildman–Crippen LogP) is 3.70. The minimum absolute atomic E-state index is 0.00415. The number of allylic oxidation sites excluding steroid dienone is 1. The van der Waals surface area contributed by atoms with Crippen LogP contribution in [0.1, 0.15) is 24.0 Å². The molecule has 134 valence electrons. The largest absolute Gasteiger partial charge is 0.481 e. The van der Waals surface area contributed by atoms with Gasteiger partial charge < -0.3 is 10.2 Å². The third-order valence-electron chi connectivity index (χ3n) is 3.94. The van der Waals surface area contributed by atoms with Crippen LogP contribution in [0.25, 0.3) is 0 Å². The zero-order valence-electron chi connectivity index (χ0n) is 12.8. The average Bonchev–Trinajstić information content (AvgIpc) is 2.52. The Morgan fingerprint density at radius 1 is 1.24 bits per heavy atom. The molecule has 2 unspecified atom stereocenters. The topological polar surface area (TPSA) is 87.0 Å². The maximum Gasteiger partial charge on any atom is 0.416 e. The minimum Gasteiger partial charge on any atom is -0.481 e. The fourth-order valence-electron chi connectivity index (χ4n) is 2.97. The van der Waals surface area contributed by atoms with Gasteiger partial charge in [-0.05, 0) is 18.6 Å². The van der Waals surface area contributed by atoms with Crippen LogP contribution in [-0.4, -0.2) is 33.2 Å². The van der Waals surface area contributed by atoms with Gasteiger partial charge in [-0.3, -0.25) is 9.79 Å². The van der Waals surface area contributed by atoms with E-state index in [1.165, 1.54) is 19.1 Å². The van der Waals surface area contributed by atoms with Crippen molar-refractivity contribution in [1.29, 1.82) is 0 Å². The fourth-order valence-corrected chi connectivity index (χ4v) is 3.40. The van der Waals surface area contributed by atoms with Gasteiger partial charge >= 0.3 is 18.1 Å². The molecule has 0 amide bonds. The Morgan fingerprint density at radius 3 is 2.32 bits per heavy atom. The molecule has 9 heteroatoms. The molecule has 0 spiro atoms. The van der Waals surface area contributed by atoms with Crippen LogP contribution in [0.5, 0.6) is 0 Å². The number of benzene rings is 1. The molecule has 1 aromatic rings. The molecule has 1 aromatic carbocycles. The Morgan fingerprint density at radius 2 is 1.84 bits per heavy atom. The number of hydrogen-bond acceptors (Lipinski definition) is 3. The summed E-state index contributed by atoms with van der Waals surface area (Å²) in [5, 5.41) is 19.0. The number of alkyl halides is 4. The van der Waals surface area contributed by atoms with Crippen LogP contribution < -0.4 is 0 Å². The number of carbonyl (C=O) groups is 2. The second kappa shape index (κ2) is 6.99. The number of hydrogen-bond donors (Lipinski definition) is 2. The number of nitrogens with zero attached hydrogens (tertiary/aromatic N) is 1. The Balaban J connectivity index is 2.83. The Bertz CT molecular complexity index is 786. The van der Waals surface area contributed by atoms with Crippen molar-refractivity contribution in [2.75, 3.05) is 5.33 Å². The smallest absolute Gasteiger partial charge is 0.416 e. The van der Waals surface area contributed by atoms with Crippen LogP contribution in [0.15, 0.2) is 40.5 Å². The Labute approximate surface area is 149 Å². The molecular formula is C16H13BrF3NO4. The highest BCUT2D eigenvalue weighted by molar-refractivity contribution is 9.09. The molecule has 0 bridgehead atoms. The third-order valence-corrected chi connectivity index (χ3v) is 4.47. The SMILES string of the molecule is CC1=NC(CBr)=C(C(=O)O)C(c2ccccc2C(F)(F)F)C1C(=O)O. The van der Waals surface area contributed by atoms with Crippen LogP contribution >= 0.6 is 15.9 Å². The molecule has 25 heavy (non-hydrogen) atoms. The first kappa shape index (κ1) is 19.2. The van der Waals surface area contributed by atoms with Crippen LogP contribution in [0.3, 0.4) is 0 Å². The molecule has 2 atom stereocenters. The minimum atomic E-state index is -4.75. The molecule has 5 nitrogen and oxygen atoms in total. The second-order valence-electron chi connectivity index (χ2n) is 5.43. The molecule has 0 radical (unpaired) electrons. The van der Waals surface area contributed by atoms with Crippen molar-refractivity contribution in [3.05, 3.63) is 46.7 Å². The van der Waals surface area contributed by atoms with Gasteiger partial charge in [0.15, 0.2) is 0 Å². The average molecular weight is 420 g/mol. The van der Waals surface area contributed by atoms with E-state index in [2.05, 4.69) is 20.9 Å². The molecule has 1 aliphatic heterocycles. The summed E-state index contributed by atoms with van der Waals surface area (Å²) in [6.45, 7) is 1.36. The number of carboxylic acids is 2. The van der Waals surface area contributed by atoms with Gasteiger partial charge in [-0.2, -0.15) is 13.2 Å². The van der Waals surface area contributed by atoms with Crippen molar-refractivity contribution < 1.29 is 33.0 Å². The first-order valence-electron chi connectivity index (χ1n) is 7.06. The van der Waals surface area contributed by atoms with E-state index in [1.807, 2.05) is 0 Å². The van der Waals surface area contributed by atoms with Gasteiger partial charge in [0.05, 0.1) is 16.8 Å². The summed E-state index contributed by atoms with van der Waals surface area (Å²) < 4.78 is 40.2. The summed E-state index contributed by atoms with van der Waals surface area (Å²) in [7, 11) is 0. The predicted molar refractivity (Wildman–Crippen MR) is 86.9 cm³/mol. The zero-order chi connectivity index (χ0) is 18.9. The molecule has 2 N–H and O–H groups in total. The van der Waals surface area contributed by atoms with Crippen LogP contribution in [0.2, 0.25) is 0 Å². The van der Waals surface area contributed by atoms with E-state index in [1.54, 1.807) is 0 Å². The van der Waals surface area contributed by atoms with E-state index in [4.69, 9.17) is 0 Å². The normalized spacial score (nSPS) is 21.1. The fraction of sp³-hybridized carbons (Fsp3) is 0.312. The first-order valence-corrected chi connectivity index (χ1v) is 8.18. The molecular weight excluding hydrogens is 407 g/mol. The Kier molecular flexibility index (Phi) is 5.36. The maximum absolute atomic E-state index is 13.4. The molecule has 2 rings (SSSR count). The summed E-state index contributed by atoms with van der Waals surface area (Å²) >= 11 is 3.06. The van der Waals surface area contributed by atoms with Gasteiger partial charge in [-0.15, -0.1) is 0 Å². The molecule has 0 aromatic heterocycles. The lowest BCUT2D eigenvalue weighted by molar-refractivity contribution is -0.142. The van der Waals surface area contributed by atoms with Crippen LogP contribution in [-0.2, 0) is 15.8 Å². The van der Waals surface area contributed by atoms with E-state index in [-0.39, 0.29) is 16.7 Å². The van der Waals surface area contributed by atoms with E-state index in [0.29, 0.717) is 0 Å². The molecule has 0 saturated carbocycles. The number of halogens is 4. The summed E-state index contributed by atoms with van der Waals surface area (Å²) in [5.41, 5.74) is -1.86. The highest BCUT2D eigenvalue weighted by Gasteiger charge is 2.45. The van der Waals surface area contributed by atoms with Gasteiger partial charge in [-0.1, -0.05) is 34.1 Å².